The lowest BCUT2D eigenvalue weighted by molar-refractivity contribution is 0.407. The molecule has 0 aliphatic carbocycles. The fraction of sp³-hybridized carbons (Fsp3) is 0.704. The molecule has 2 rings (SSSR count). The van der Waals surface area contributed by atoms with Crippen LogP contribution in [0.1, 0.15) is 108 Å². The number of hydrogen-bond acceptors (Lipinski definition) is 3. The average Bonchev–Trinajstić information content (AvgIpc) is 3.57. The van der Waals surface area contributed by atoms with E-state index in [9.17, 15) is 4.91 Å². The van der Waals surface area contributed by atoms with E-state index in [2.05, 4.69) is 30.3 Å². The Bertz CT molecular complexity index is 607. The van der Waals surface area contributed by atoms with E-state index < -0.39 is 0 Å². The van der Waals surface area contributed by atoms with E-state index in [0.29, 0.717) is 11.8 Å². The maximum Gasteiger partial charge on any atom is 0.111 e. The summed E-state index contributed by atoms with van der Waals surface area (Å²) in [6, 6.07) is 6.06. The van der Waals surface area contributed by atoms with Crippen LogP contribution in [0.2, 0.25) is 0 Å². The van der Waals surface area contributed by atoms with Crippen molar-refractivity contribution < 1.29 is 4.74 Å². The SMILES string of the molecule is CCCCCCCC/C=C\CCCCCCCCc1cc(CC2CO2)ccc1N=O. The third kappa shape index (κ3) is 11.6. The minimum atomic E-state index is 0.387. The highest BCUT2D eigenvalue weighted by Crippen LogP contribution is 2.25. The third-order valence-corrected chi connectivity index (χ3v) is 6.07. The molecule has 0 spiro atoms. The molecule has 1 aromatic carbocycles. The van der Waals surface area contributed by atoms with Crippen molar-refractivity contribution in [2.45, 2.75) is 116 Å². The van der Waals surface area contributed by atoms with Crippen molar-refractivity contribution in [3.8, 4) is 0 Å². The van der Waals surface area contributed by atoms with Crippen molar-refractivity contribution in [2.75, 3.05) is 6.61 Å². The molecule has 1 saturated heterocycles. The quantitative estimate of drug-likeness (QED) is 0.0985. The summed E-state index contributed by atoms with van der Waals surface area (Å²) in [5, 5.41) is 3.21. The molecular formula is C27H43NO2. The van der Waals surface area contributed by atoms with E-state index in [1.807, 2.05) is 12.1 Å². The van der Waals surface area contributed by atoms with Gasteiger partial charge in [0.15, 0.2) is 0 Å². The molecule has 0 saturated carbocycles. The van der Waals surface area contributed by atoms with Crippen LogP contribution in [0.5, 0.6) is 0 Å². The van der Waals surface area contributed by atoms with Crippen LogP contribution in [0.3, 0.4) is 0 Å². The lowest BCUT2D eigenvalue weighted by Gasteiger charge is -2.07. The summed E-state index contributed by atoms with van der Waals surface area (Å²) in [4.78, 5) is 11.1. The van der Waals surface area contributed by atoms with Crippen LogP contribution >= 0.6 is 0 Å². The van der Waals surface area contributed by atoms with Gasteiger partial charge in [-0.2, -0.15) is 0 Å². The van der Waals surface area contributed by atoms with Gasteiger partial charge in [-0.25, -0.2) is 0 Å². The first-order chi connectivity index (χ1) is 14.8. The molecule has 1 aliphatic heterocycles. The summed E-state index contributed by atoms with van der Waals surface area (Å²) < 4.78 is 5.31. The summed E-state index contributed by atoms with van der Waals surface area (Å²) >= 11 is 0. The van der Waals surface area contributed by atoms with Crippen molar-refractivity contribution in [2.24, 2.45) is 5.18 Å². The minimum absolute atomic E-state index is 0.387. The number of epoxide rings is 1. The normalized spacial score (nSPS) is 15.7. The number of benzene rings is 1. The van der Waals surface area contributed by atoms with E-state index in [1.165, 1.54) is 89.0 Å². The summed E-state index contributed by atoms with van der Waals surface area (Å²) in [5.74, 6) is 0. The molecule has 1 heterocycles. The van der Waals surface area contributed by atoms with Crippen LogP contribution in [0.15, 0.2) is 35.5 Å². The molecular weight excluding hydrogens is 370 g/mol. The molecule has 1 atom stereocenters. The highest BCUT2D eigenvalue weighted by atomic mass is 16.6. The van der Waals surface area contributed by atoms with Gasteiger partial charge in [0, 0.05) is 6.42 Å². The molecule has 0 N–H and O–H groups in total. The van der Waals surface area contributed by atoms with Gasteiger partial charge in [0.25, 0.3) is 0 Å². The molecule has 0 bridgehead atoms. The molecule has 3 nitrogen and oxygen atoms in total. The number of nitrogens with zero attached hydrogens (tertiary/aromatic N) is 1. The smallest absolute Gasteiger partial charge is 0.111 e. The first-order valence-electron chi connectivity index (χ1n) is 12.5. The number of unbranched alkanes of at least 4 members (excludes halogenated alkanes) is 12. The van der Waals surface area contributed by atoms with Gasteiger partial charge in [0.05, 0.1) is 12.7 Å². The Morgan fingerprint density at radius 3 is 2.10 bits per heavy atom. The number of ether oxygens (including phenoxy) is 1. The Morgan fingerprint density at radius 1 is 0.900 bits per heavy atom. The number of allylic oxidation sites excluding steroid dienone is 2. The molecule has 168 valence electrons. The van der Waals surface area contributed by atoms with Gasteiger partial charge in [-0.3, -0.25) is 0 Å². The van der Waals surface area contributed by atoms with E-state index in [0.717, 1.165) is 31.4 Å². The van der Waals surface area contributed by atoms with Crippen molar-refractivity contribution >= 4 is 5.69 Å². The van der Waals surface area contributed by atoms with E-state index in [4.69, 9.17) is 4.74 Å². The Balaban J connectivity index is 1.44. The van der Waals surface area contributed by atoms with Gasteiger partial charge in [0.2, 0.25) is 0 Å². The van der Waals surface area contributed by atoms with Crippen molar-refractivity contribution in [1.29, 1.82) is 0 Å². The van der Waals surface area contributed by atoms with Crippen molar-refractivity contribution in [1.82, 2.24) is 0 Å². The first kappa shape index (κ1) is 24.8. The molecule has 0 radical (unpaired) electrons. The first-order valence-corrected chi connectivity index (χ1v) is 12.5. The zero-order valence-corrected chi connectivity index (χ0v) is 19.2. The van der Waals surface area contributed by atoms with Gasteiger partial charge in [-0.15, -0.1) is 4.91 Å². The Hall–Kier alpha value is -1.48. The van der Waals surface area contributed by atoms with Crippen LogP contribution in [0, 0.1) is 4.91 Å². The maximum absolute atomic E-state index is 11.1. The van der Waals surface area contributed by atoms with Crippen LogP contribution < -0.4 is 0 Å². The molecule has 3 heteroatoms. The second-order valence-corrected chi connectivity index (χ2v) is 8.90. The second kappa shape index (κ2) is 16.2. The fourth-order valence-electron chi connectivity index (χ4n) is 4.07. The summed E-state index contributed by atoms with van der Waals surface area (Å²) in [5.41, 5.74) is 2.99. The van der Waals surface area contributed by atoms with Crippen LogP contribution in [0.25, 0.3) is 0 Å². The number of aryl methyl sites for hydroxylation is 1. The van der Waals surface area contributed by atoms with Gasteiger partial charge in [-0.1, -0.05) is 89.0 Å². The Morgan fingerprint density at radius 2 is 1.50 bits per heavy atom. The van der Waals surface area contributed by atoms with Crippen molar-refractivity contribution in [3.63, 3.8) is 0 Å². The van der Waals surface area contributed by atoms with Gasteiger partial charge < -0.3 is 4.74 Å². The van der Waals surface area contributed by atoms with Gasteiger partial charge in [-0.05, 0) is 60.9 Å². The maximum atomic E-state index is 11.1. The largest absolute Gasteiger partial charge is 0.373 e. The molecule has 1 aliphatic rings. The molecule has 0 amide bonds. The summed E-state index contributed by atoms with van der Waals surface area (Å²) in [6.07, 6.45) is 25.5. The van der Waals surface area contributed by atoms with Crippen molar-refractivity contribution in [3.05, 3.63) is 46.4 Å². The number of rotatable bonds is 19. The zero-order valence-electron chi connectivity index (χ0n) is 19.2. The minimum Gasteiger partial charge on any atom is -0.373 e. The third-order valence-electron chi connectivity index (χ3n) is 6.07. The summed E-state index contributed by atoms with van der Waals surface area (Å²) in [6.45, 7) is 3.15. The molecule has 1 aromatic rings. The summed E-state index contributed by atoms with van der Waals surface area (Å²) in [7, 11) is 0. The average molecular weight is 414 g/mol. The molecule has 30 heavy (non-hydrogen) atoms. The van der Waals surface area contributed by atoms with E-state index in [1.54, 1.807) is 0 Å². The monoisotopic (exact) mass is 413 g/mol. The topological polar surface area (TPSA) is 42.0 Å². The Labute approximate surface area is 184 Å². The standard InChI is InChI=1S/C27H43NO2/c1-2-3-4-5-6-7-8-9-10-11-12-13-14-15-16-17-18-25-21-24(22-26-23-30-26)19-20-27(25)28-29/h9-10,19-21,26H,2-8,11-18,22-23H2,1H3/b10-9-. The predicted molar refractivity (Wildman–Crippen MR) is 128 cm³/mol. The lowest BCUT2D eigenvalue weighted by Crippen LogP contribution is -1.95. The number of hydrogen-bond donors (Lipinski definition) is 0. The predicted octanol–water partition coefficient (Wildman–Crippen LogP) is 8.61. The lowest BCUT2D eigenvalue weighted by atomic mass is 9.99. The zero-order chi connectivity index (χ0) is 21.3. The number of nitroso groups, excluding NO2 is 1. The molecule has 1 unspecified atom stereocenters. The molecule has 0 aromatic heterocycles. The van der Waals surface area contributed by atoms with Crippen LogP contribution in [0.4, 0.5) is 5.69 Å². The van der Waals surface area contributed by atoms with Gasteiger partial charge >= 0.3 is 0 Å². The van der Waals surface area contributed by atoms with E-state index >= 15 is 0 Å². The highest BCUT2D eigenvalue weighted by molar-refractivity contribution is 5.48. The van der Waals surface area contributed by atoms with Gasteiger partial charge in [0.1, 0.15) is 5.69 Å². The van der Waals surface area contributed by atoms with E-state index in [-0.39, 0.29) is 0 Å². The Kier molecular flexibility index (Phi) is 13.4. The van der Waals surface area contributed by atoms with Crippen LogP contribution in [-0.2, 0) is 17.6 Å². The fourth-order valence-corrected chi connectivity index (χ4v) is 4.07. The highest BCUT2D eigenvalue weighted by Gasteiger charge is 2.22. The molecule has 1 fully saturated rings. The second-order valence-electron chi connectivity index (χ2n) is 8.90. The van der Waals surface area contributed by atoms with Crippen LogP contribution in [-0.4, -0.2) is 12.7 Å².